The van der Waals surface area contributed by atoms with Crippen LogP contribution >= 0.6 is 0 Å². The fourth-order valence-electron chi connectivity index (χ4n) is 5.75. The van der Waals surface area contributed by atoms with Crippen molar-refractivity contribution in [1.82, 2.24) is 14.7 Å². The Morgan fingerprint density at radius 2 is 1.71 bits per heavy atom. The van der Waals surface area contributed by atoms with Gasteiger partial charge in [0.15, 0.2) is 0 Å². The topological polar surface area (TPSA) is 73.4 Å². The smallest absolute Gasteiger partial charge is 0.263 e. The Morgan fingerprint density at radius 1 is 0.947 bits per heavy atom. The van der Waals surface area contributed by atoms with Gasteiger partial charge in [-0.1, -0.05) is 36.4 Å². The first-order valence-electron chi connectivity index (χ1n) is 13.8. The van der Waals surface area contributed by atoms with Crippen LogP contribution in [0.3, 0.4) is 0 Å². The molecule has 202 valence electrons. The molecule has 0 saturated carbocycles. The number of hydrogen-bond acceptors (Lipinski definition) is 6. The zero-order chi connectivity index (χ0) is 26.6. The van der Waals surface area contributed by atoms with Crippen molar-refractivity contribution in [2.75, 3.05) is 58.3 Å². The summed E-state index contributed by atoms with van der Waals surface area (Å²) in [4.78, 5) is 47.7. The third kappa shape index (κ3) is 5.61. The maximum atomic E-state index is 13.6. The zero-order valence-electron chi connectivity index (χ0n) is 22.5. The molecule has 0 bridgehead atoms. The van der Waals surface area contributed by atoms with E-state index >= 15 is 0 Å². The summed E-state index contributed by atoms with van der Waals surface area (Å²) >= 11 is 0. The van der Waals surface area contributed by atoms with Gasteiger partial charge in [0.1, 0.15) is 0 Å². The predicted octanol–water partition coefficient (Wildman–Crippen LogP) is 3.27. The summed E-state index contributed by atoms with van der Waals surface area (Å²) in [6.07, 6.45) is 3.20. The van der Waals surface area contributed by atoms with Crippen LogP contribution in [0.1, 0.15) is 52.0 Å². The van der Waals surface area contributed by atoms with Crippen molar-refractivity contribution in [1.29, 1.82) is 0 Å². The van der Waals surface area contributed by atoms with Crippen molar-refractivity contribution in [2.24, 2.45) is 5.92 Å². The van der Waals surface area contributed by atoms with Crippen LogP contribution in [0.2, 0.25) is 0 Å². The minimum Gasteiger partial charge on any atom is -0.376 e. The van der Waals surface area contributed by atoms with E-state index in [1.165, 1.54) is 4.90 Å². The standard InChI is InChI=1S/C30H38N4O4/c1-31(2)17-18-33(20-22-8-4-3-5-9-22)28(35)23-13-15-32(16-14-23)26-12-6-11-25-27(26)30(37)34(29(25)36)21-24-10-7-19-38-24/h3-6,8-9,11-12,23-24H,7,10,13-21H2,1-2H3/t24-/m1/s1. The van der Waals surface area contributed by atoms with Gasteiger partial charge in [0, 0.05) is 45.2 Å². The third-order valence-electron chi connectivity index (χ3n) is 7.92. The molecule has 0 unspecified atom stereocenters. The average Bonchev–Trinajstić information content (AvgIpc) is 3.54. The van der Waals surface area contributed by atoms with Crippen molar-refractivity contribution in [3.05, 3.63) is 65.2 Å². The van der Waals surface area contributed by atoms with Gasteiger partial charge in [-0.25, -0.2) is 0 Å². The second-order valence-corrected chi connectivity index (χ2v) is 10.9. The first-order chi connectivity index (χ1) is 18.4. The Hall–Kier alpha value is -3.23. The highest BCUT2D eigenvalue weighted by Crippen LogP contribution is 2.35. The number of imide groups is 1. The van der Waals surface area contributed by atoms with Crippen LogP contribution in [0, 0.1) is 5.92 Å². The number of anilines is 1. The van der Waals surface area contributed by atoms with E-state index < -0.39 is 0 Å². The van der Waals surface area contributed by atoms with Gasteiger partial charge in [0.05, 0.1) is 29.5 Å². The van der Waals surface area contributed by atoms with Crippen LogP contribution < -0.4 is 4.90 Å². The van der Waals surface area contributed by atoms with Crippen molar-refractivity contribution >= 4 is 23.4 Å². The lowest BCUT2D eigenvalue weighted by Gasteiger charge is -2.36. The molecule has 3 heterocycles. The number of likely N-dealkylation sites (N-methyl/N-ethyl adjacent to an activating group) is 1. The molecule has 5 rings (SSSR count). The molecule has 8 nitrogen and oxygen atoms in total. The molecular formula is C30H38N4O4. The quantitative estimate of drug-likeness (QED) is 0.475. The van der Waals surface area contributed by atoms with Crippen molar-refractivity contribution in [3.63, 3.8) is 0 Å². The summed E-state index contributed by atoms with van der Waals surface area (Å²) in [5, 5.41) is 0. The Balaban J connectivity index is 1.26. The molecule has 2 saturated heterocycles. The molecule has 0 N–H and O–H groups in total. The van der Waals surface area contributed by atoms with Gasteiger partial charge in [-0.3, -0.25) is 19.3 Å². The fourth-order valence-corrected chi connectivity index (χ4v) is 5.75. The summed E-state index contributed by atoms with van der Waals surface area (Å²) in [6.45, 7) is 4.45. The van der Waals surface area contributed by atoms with Gasteiger partial charge in [-0.05, 0) is 57.5 Å². The second-order valence-electron chi connectivity index (χ2n) is 10.9. The van der Waals surface area contributed by atoms with Crippen LogP contribution in [-0.4, -0.2) is 92.0 Å². The Morgan fingerprint density at radius 3 is 2.39 bits per heavy atom. The van der Waals surface area contributed by atoms with Gasteiger partial charge in [0.25, 0.3) is 11.8 Å². The molecule has 2 fully saturated rings. The van der Waals surface area contributed by atoms with Crippen LogP contribution in [0.4, 0.5) is 5.69 Å². The van der Waals surface area contributed by atoms with E-state index in [-0.39, 0.29) is 29.7 Å². The number of fused-ring (bicyclic) bond motifs is 1. The van der Waals surface area contributed by atoms with Gasteiger partial charge >= 0.3 is 0 Å². The number of hydrogen-bond donors (Lipinski definition) is 0. The van der Waals surface area contributed by atoms with E-state index in [2.05, 4.69) is 21.9 Å². The summed E-state index contributed by atoms with van der Waals surface area (Å²) < 4.78 is 5.68. The number of nitrogens with zero attached hydrogens (tertiary/aromatic N) is 4. The van der Waals surface area contributed by atoms with Crippen LogP contribution in [0.25, 0.3) is 0 Å². The lowest BCUT2D eigenvalue weighted by molar-refractivity contribution is -0.137. The van der Waals surface area contributed by atoms with E-state index in [9.17, 15) is 14.4 Å². The number of rotatable bonds is 9. The number of piperidine rings is 1. The summed E-state index contributed by atoms with van der Waals surface area (Å²) in [5.74, 6) is -0.318. The Labute approximate surface area is 225 Å². The fraction of sp³-hybridized carbons (Fsp3) is 0.500. The molecule has 38 heavy (non-hydrogen) atoms. The molecule has 2 aromatic rings. The van der Waals surface area contributed by atoms with E-state index in [0.29, 0.717) is 50.5 Å². The van der Waals surface area contributed by atoms with Gasteiger partial charge in [-0.2, -0.15) is 0 Å². The first kappa shape index (κ1) is 26.4. The van der Waals surface area contributed by atoms with Gasteiger partial charge in [-0.15, -0.1) is 0 Å². The molecule has 0 spiro atoms. The normalized spacial score (nSPS) is 19.9. The minimum atomic E-state index is -0.232. The summed E-state index contributed by atoms with van der Waals surface area (Å²) in [7, 11) is 4.05. The number of benzene rings is 2. The monoisotopic (exact) mass is 518 g/mol. The minimum absolute atomic E-state index is 0.0535. The molecule has 1 atom stereocenters. The lowest BCUT2D eigenvalue weighted by atomic mass is 9.93. The van der Waals surface area contributed by atoms with Crippen LogP contribution in [-0.2, 0) is 16.1 Å². The van der Waals surface area contributed by atoms with E-state index in [0.717, 1.165) is 43.5 Å². The maximum absolute atomic E-state index is 13.6. The van der Waals surface area contributed by atoms with Gasteiger partial charge < -0.3 is 19.4 Å². The molecule has 8 heteroatoms. The molecule has 0 radical (unpaired) electrons. The molecule has 3 aliphatic rings. The summed E-state index contributed by atoms with van der Waals surface area (Å²) in [5.41, 5.74) is 2.90. The first-order valence-corrected chi connectivity index (χ1v) is 13.8. The predicted molar refractivity (Wildman–Crippen MR) is 146 cm³/mol. The number of carbonyl (C=O) groups excluding carboxylic acids is 3. The molecule has 0 aromatic heterocycles. The molecule has 2 aromatic carbocycles. The molecular weight excluding hydrogens is 480 g/mol. The SMILES string of the molecule is CN(C)CCN(Cc1ccccc1)C(=O)C1CCN(c2cccc3c2C(=O)N(C[C@H]2CCCO2)C3=O)CC1. The Bertz CT molecular complexity index is 1150. The zero-order valence-corrected chi connectivity index (χ0v) is 22.5. The molecule has 3 amide bonds. The van der Waals surface area contributed by atoms with E-state index in [1.54, 1.807) is 6.07 Å². The van der Waals surface area contributed by atoms with E-state index in [1.807, 2.05) is 49.3 Å². The maximum Gasteiger partial charge on any atom is 0.263 e. The average molecular weight is 519 g/mol. The molecule has 3 aliphatic heterocycles. The number of ether oxygens (including phenoxy) is 1. The summed E-state index contributed by atoms with van der Waals surface area (Å²) in [6, 6.07) is 15.7. The highest BCUT2D eigenvalue weighted by Gasteiger charge is 2.40. The highest BCUT2D eigenvalue weighted by molar-refractivity contribution is 6.23. The van der Waals surface area contributed by atoms with Crippen LogP contribution in [0.5, 0.6) is 0 Å². The second kappa shape index (κ2) is 11.7. The van der Waals surface area contributed by atoms with Crippen LogP contribution in [0.15, 0.2) is 48.5 Å². The van der Waals surface area contributed by atoms with E-state index in [4.69, 9.17) is 4.74 Å². The molecule has 0 aliphatic carbocycles. The third-order valence-corrected chi connectivity index (χ3v) is 7.92. The van der Waals surface area contributed by atoms with Crippen molar-refractivity contribution in [3.8, 4) is 0 Å². The van der Waals surface area contributed by atoms with Crippen molar-refractivity contribution in [2.45, 2.75) is 38.3 Å². The van der Waals surface area contributed by atoms with Gasteiger partial charge in [0.2, 0.25) is 5.91 Å². The largest absolute Gasteiger partial charge is 0.376 e. The number of carbonyl (C=O) groups is 3. The highest BCUT2D eigenvalue weighted by atomic mass is 16.5. The Kier molecular flexibility index (Phi) is 8.09. The van der Waals surface area contributed by atoms with Crippen molar-refractivity contribution < 1.29 is 19.1 Å². The lowest BCUT2D eigenvalue weighted by Crippen LogP contribution is -2.44. The number of amides is 3.